The van der Waals surface area contributed by atoms with E-state index in [1.165, 1.54) is 0 Å². The molecule has 0 spiro atoms. The number of hydrogen-bond donors (Lipinski definition) is 2. The van der Waals surface area contributed by atoms with Crippen molar-refractivity contribution < 1.29 is 9.53 Å². The zero-order chi connectivity index (χ0) is 14.5. The third-order valence-corrected chi connectivity index (χ3v) is 2.38. The van der Waals surface area contributed by atoms with E-state index in [4.69, 9.17) is 10.5 Å². The number of benzene rings is 1. The fraction of sp³-hybridized carbons (Fsp3) is 0.533. The molecule has 1 amide bonds. The molecule has 3 N–H and O–H groups in total. The number of hydrogen-bond acceptors (Lipinski definition) is 3. The first kappa shape index (κ1) is 18.7. The van der Waals surface area contributed by atoms with E-state index >= 15 is 0 Å². The van der Waals surface area contributed by atoms with Crippen molar-refractivity contribution in [2.24, 2.45) is 11.7 Å². The second kappa shape index (κ2) is 8.12. The molecule has 1 aromatic carbocycles. The van der Waals surface area contributed by atoms with Crippen LogP contribution in [-0.2, 0) is 0 Å². The molecule has 0 aliphatic rings. The quantitative estimate of drug-likeness (QED) is 0.849. The minimum Gasteiger partial charge on any atom is -0.493 e. The van der Waals surface area contributed by atoms with Gasteiger partial charge in [0.2, 0.25) is 0 Å². The molecule has 0 aliphatic carbocycles. The van der Waals surface area contributed by atoms with E-state index in [-0.39, 0.29) is 18.3 Å². The lowest BCUT2D eigenvalue weighted by Crippen LogP contribution is -2.45. The van der Waals surface area contributed by atoms with Crippen molar-refractivity contribution in [3.05, 3.63) is 29.8 Å². The summed E-state index contributed by atoms with van der Waals surface area (Å²) in [6.07, 6.45) is 0. The van der Waals surface area contributed by atoms with Gasteiger partial charge in [0.15, 0.2) is 0 Å². The molecule has 1 aromatic rings. The number of halogens is 1. The molecule has 0 aromatic heterocycles. The Hall–Kier alpha value is -1.26. The molecular weight excluding hydrogens is 276 g/mol. The fourth-order valence-electron chi connectivity index (χ4n) is 1.40. The summed E-state index contributed by atoms with van der Waals surface area (Å²) < 4.78 is 5.60. The Bertz CT molecular complexity index is 428. The van der Waals surface area contributed by atoms with Crippen LogP contribution in [0.15, 0.2) is 24.3 Å². The van der Waals surface area contributed by atoms with Gasteiger partial charge in [-0.05, 0) is 38.0 Å². The van der Waals surface area contributed by atoms with E-state index in [1.54, 1.807) is 12.1 Å². The monoisotopic (exact) mass is 300 g/mol. The number of carbonyl (C=O) groups excluding carboxylic acids is 1. The number of nitrogens with two attached hydrogens (primary N) is 1. The normalized spacial score (nSPS) is 10.9. The molecule has 0 radical (unpaired) electrons. The Kier molecular flexibility index (Phi) is 7.61. The van der Waals surface area contributed by atoms with Crippen LogP contribution >= 0.6 is 12.4 Å². The lowest BCUT2D eigenvalue weighted by molar-refractivity contribution is 0.0945. The predicted molar refractivity (Wildman–Crippen MR) is 84.6 cm³/mol. The highest BCUT2D eigenvalue weighted by Crippen LogP contribution is 2.14. The van der Waals surface area contributed by atoms with E-state index in [0.29, 0.717) is 30.4 Å². The Balaban J connectivity index is 0.00000361. The van der Waals surface area contributed by atoms with Crippen LogP contribution in [-0.4, -0.2) is 24.6 Å². The molecule has 0 saturated heterocycles. The zero-order valence-corrected chi connectivity index (χ0v) is 13.4. The highest BCUT2D eigenvalue weighted by atomic mass is 35.5. The highest BCUT2D eigenvalue weighted by molar-refractivity contribution is 5.94. The molecule has 0 fully saturated rings. The first-order valence-corrected chi connectivity index (χ1v) is 6.58. The van der Waals surface area contributed by atoms with E-state index in [9.17, 15) is 4.79 Å². The van der Waals surface area contributed by atoms with E-state index in [0.717, 1.165) is 0 Å². The number of ether oxygens (including phenoxy) is 1. The Morgan fingerprint density at radius 2 is 2.05 bits per heavy atom. The smallest absolute Gasteiger partial charge is 0.251 e. The SMILES string of the molecule is CC(C)COc1cccc(C(=O)NCC(C)(C)N)c1.Cl. The van der Waals surface area contributed by atoms with Crippen molar-refractivity contribution in [1.82, 2.24) is 5.32 Å². The molecule has 114 valence electrons. The maximum atomic E-state index is 12.0. The number of carbonyl (C=O) groups is 1. The summed E-state index contributed by atoms with van der Waals surface area (Å²) in [5, 5.41) is 2.81. The van der Waals surface area contributed by atoms with Gasteiger partial charge in [-0.3, -0.25) is 4.79 Å². The fourth-order valence-corrected chi connectivity index (χ4v) is 1.40. The van der Waals surface area contributed by atoms with Crippen LogP contribution in [0.3, 0.4) is 0 Å². The van der Waals surface area contributed by atoms with Crippen LogP contribution in [0.4, 0.5) is 0 Å². The molecule has 0 bridgehead atoms. The largest absolute Gasteiger partial charge is 0.493 e. The summed E-state index contributed by atoms with van der Waals surface area (Å²) in [6, 6.07) is 7.19. The lowest BCUT2D eigenvalue weighted by atomic mass is 10.1. The van der Waals surface area contributed by atoms with Crippen LogP contribution in [0, 0.1) is 5.92 Å². The van der Waals surface area contributed by atoms with E-state index < -0.39 is 5.54 Å². The lowest BCUT2D eigenvalue weighted by Gasteiger charge is -2.19. The summed E-state index contributed by atoms with van der Waals surface area (Å²) in [6.45, 7) is 8.98. The first-order chi connectivity index (χ1) is 8.78. The zero-order valence-electron chi connectivity index (χ0n) is 12.6. The topological polar surface area (TPSA) is 64.3 Å². The van der Waals surface area contributed by atoms with Crippen LogP contribution in [0.5, 0.6) is 5.75 Å². The van der Waals surface area contributed by atoms with Crippen LogP contribution in [0.1, 0.15) is 38.1 Å². The first-order valence-electron chi connectivity index (χ1n) is 6.58. The molecule has 0 atom stereocenters. The van der Waals surface area contributed by atoms with Gasteiger partial charge < -0.3 is 15.8 Å². The van der Waals surface area contributed by atoms with E-state index in [2.05, 4.69) is 19.2 Å². The average molecular weight is 301 g/mol. The van der Waals surface area contributed by atoms with Crippen molar-refractivity contribution >= 4 is 18.3 Å². The Morgan fingerprint density at radius 3 is 2.60 bits per heavy atom. The van der Waals surface area contributed by atoms with Crippen molar-refractivity contribution in [3.63, 3.8) is 0 Å². The van der Waals surface area contributed by atoms with Crippen LogP contribution in [0.25, 0.3) is 0 Å². The third kappa shape index (κ3) is 7.36. The molecule has 5 heteroatoms. The second-order valence-corrected chi connectivity index (χ2v) is 5.90. The van der Waals surface area contributed by atoms with Crippen LogP contribution in [0.2, 0.25) is 0 Å². The van der Waals surface area contributed by atoms with Gasteiger partial charge in [-0.2, -0.15) is 0 Å². The Labute approximate surface area is 127 Å². The predicted octanol–water partition coefficient (Wildman–Crippen LogP) is 2.61. The maximum Gasteiger partial charge on any atom is 0.251 e. The number of rotatable bonds is 6. The summed E-state index contributed by atoms with van der Waals surface area (Å²) >= 11 is 0. The van der Waals surface area contributed by atoms with Crippen molar-refractivity contribution in [1.29, 1.82) is 0 Å². The molecule has 1 rings (SSSR count). The van der Waals surface area contributed by atoms with Gasteiger partial charge in [-0.15, -0.1) is 12.4 Å². The summed E-state index contributed by atoms with van der Waals surface area (Å²) in [5.74, 6) is 1.04. The second-order valence-electron chi connectivity index (χ2n) is 5.90. The summed E-state index contributed by atoms with van der Waals surface area (Å²) in [5.41, 5.74) is 6.01. The molecule has 0 unspecified atom stereocenters. The standard InChI is InChI=1S/C15H24N2O2.ClH/c1-11(2)9-19-13-7-5-6-12(8-13)14(18)17-10-15(3,4)16;/h5-8,11H,9-10,16H2,1-4H3,(H,17,18);1H. The Morgan fingerprint density at radius 1 is 1.40 bits per heavy atom. The van der Waals surface area contributed by atoms with Gasteiger partial charge in [0, 0.05) is 17.6 Å². The molecule has 0 saturated carbocycles. The molecule has 0 heterocycles. The molecular formula is C15H25ClN2O2. The minimum absolute atomic E-state index is 0. The van der Waals surface area contributed by atoms with Gasteiger partial charge in [0.1, 0.15) is 5.75 Å². The van der Waals surface area contributed by atoms with Gasteiger partial charge in [-0.25, -0.2) is 0 Å². The van der Waals surface area contributed by atoms with E-state index in [1.807, 2.05) is 26.0 Å². The van der Waals surface area contributed by atoms with Crippen LogP contribution < -0.4 is 15.8 Å². The average Bonchev–Trinajstić information content (AvgIpc) is 2.33. The van der Waals surface area contributed by atoms with Crippen molar-refractivity contribution in [2.75, 3.05) is 13.2 Å². The van der Waals surface area contributed by atoms with Gasteiger partial charge in [0.25, 0.3) is 5.91 Å². The minimum atomic E-state index is -0.415. The van der Waals surface area contributed by atoms with Crippen molar-refractivity contribution in [3.8, 4) is 5.75 Å². The maximum absolute atomic E-state index is 12.0. The molecule has 4 nitrogen and oxygen atoms in total. The third-order valence-electron chi connectivity index (χ3n) is 2.38. The summed E-state index contributed by atoms with van der Waals surface area (Å²) in [7, 11) is 0. The highest BCUT2D eigenvalue weighted by Gasteiger charge is 2.13. The molecule has 20 heavy (non-hydrogen) atoms. The molecule has 0 aliphatic heterocycles. The summed E-state index contributed by atoms with van der Waals surface area (Å²) in [4.78, 5) is 12.0. The van der Waals surface area contributed by atoms with Crippen molar-refractivity contribution in [2.45, 2.75) is 33.2 Å². The van der Waals surface area contributed by atoms with Gasteiger partial charge >= 0.3 is 0 Å². The number of amides is 1. The van der Waals surface area contributed by atoms with Gasteiger partial charge in [0.05, 0.1) is 6.61 Å². The number of nitrogens with one attached hydrogen (secondary N) is 1. The van der Waals surface area contributed by atoms with Gasteiger partial charge in [-0.1, -0.05) is 19.9 Å².